The summed E-state index contributed by atoms with van der Waals surface area (Å²) in [4.78, 5) is 11.7. The van der Waals surface area contributed by atoms with Crippen molar-refractivity contribution in [3.8, 4) is 0 Å². The van der Waals surface area contributed by atoms with Crippen molar-refractivity contribution < 1.29 is 9.18 Å². The Balaban J connectivity index is 2.29. The topological polar surface area (TPSA) is 55.1 Å². The highest BCUT2D eigenvalue weighted by Gasteiger charge is 2.17. The quantitative estimate of drug-likeness (QED) is 0.841. The van der Waals surface area contributed by atoms with Crippen LogP contribution in [-0.2, 0) is 11.2 Å². The van der Waals surface area contributed by atoms with Crippen LogP contribution in [0.3, 0.4) is 0 Å². The summed E-state index contributed by atoms with van der Waals surface area (Å²) in [6.07, 6.45) is 1.61. The third-order valence-electron chi connectivity index (χ3n) is 3.00. The number of carbonyl (C=O) groups excluding carboxylic acids is 1. The summed E-state index contributed by atoms with van der Waals surface area (Å²) >= 11 is 0. The van der Waals surface area contributed by atoms with E-state index in [-0.39, 0.29) is 23.2 Å². The SMILES string of the molecule is CC(C)(C)CC(N)CC(=O)NCCc1ccccc1F. The predicted molar refractivity (Wildman–Crippen MR) is 79.8 cm³/mol. The lowest BCUT2D eigenvalue weighted by molar-refractivity contribution is -0.121. The molecule has 0 saturated heterocycles. The van der Waals surface area contributed by atoms with E-state index in [1.807, 2.05) is 0 Å². The molecule has 112 valence electrons. The molecule has 0 aliphatic heterocycles. The van der Waals surface area contributed by atoms with Gasteiger partial charge in [0.05, 0.1) is 0 Å². The molecule has 0 heterocycles. The Morgan fingerprint density at radius 3 is 2.60 bits per heavy atom. The summed E-state index contributed by atoms with van der Waals surface area (Å²) in [5.41, 5.74) is 6.68. The number of nitrogens with two attached hydrogens (primary N) is 1. The first-order valence-electron chi connectivity index (χ1n) is 7.03. The van der Waals surface area contributed by atoms with E-state index in [2.05, 4.69) is 26.1 Å². The Morgan fingerprint density at radius 1 is 1.35 bits per heavy atom. The number of hydrogen-bond acceptors (Lipinski definition) is 2. The molecule has 1 atom stereocenters. The number of rotatable bonds is 6. The van der Waals surface area contributed by atoms with E-state index in [0.717, 1.165) is 6.42 Å². The number of benzene rings is 1. The molecule has 0 radical (unpaired) electrons. The molecule has 4 heteroatoms. The normalized spacial score (nSPS) is 13.1. The number of halogens is 1. The van der Waals surface area contributed by atoms with E-state index in [1.165, 1.54) is 6.07 Å². The van der Waals surface area contributed by atoms with Gasteiger partial charge in [-0.25, -0.2) is 4.39 Å². The zero-order valence-electron chi connectivity index (χ0n) is 12.6. The van der Waals surface area contributed by atoms with Crippen LogP contribution in [0, 0.1) is 11.2 Å². The maximum atomic E-state index is 13.4. The number of nitrogens with one attached hydrogen (secondary N) is 1. The molecular weight excluding hydrogens is 255 g/mol. The van der Waals surface area contributed by atoms with Gasteiger partial charge < -0.3 is 11.1 Å². The molecule has 0 aromatic heterocycles. The van der Waals surface area contributed by atoms with E-state index in [0.29, 0.717) is 24.9 Å². The molecule has 1 amide bonds. The lowest BCUT2D eigenvalue weighted by atomic mass is 9.87. The molecule has 0 bridgehead atoms. The highest BCUT2D eigenvalue weighted by molar-refractivity contribution is 5.76. The maximum Gasteiger partial charge on any atom is 0.221 e. The fourth-order valence-corrected chi connectivity index (χ4v) is 2.21. The minimum Gasteiger partial charge on any atom is -0.356 e. The summed E-state index contributed by atoms with van der Waals surface area (Å²) in [7, 11) is 0. The second-order valence-corrected chi connectivity index (χ2v) is 6.42. The summed E-state index contributed by atoms with van der Waals surface area (Å²) in [5, 5.41) is 2.79. The molecule has 0 spiro atoms. The van der Waals surface area contributed by atoms with Gasteiger partial charge in [0, 0.05) is 19.0 Å². The van der Waals surface area contributed by atoms with Crippen LogP contribution in [0.25, 0.3) is 0 Å². The highest BCUT2D eigenvalue weighted by atomic mass is 19.1. The smallest absolute Gasteiger partial charge is 0.221 e. The molecule has 0 aliphatic rings. The van der Waals surface area contributed by atoms with E-state index < -0.39 is 0 Å². The van der Waals surface area contributed by atoms with Gasteiger partial charge in [0.2, 0.25) is 5.91 Å². The van der Waals surface area contributed by atoms with Gasteiger partial charge in [-0.3, -0.25) is 4.79 Å². The first kappa shape index (κ1) is 16.6. The van der Waals surface area contributed by atoms with Crippen LogP contribution in [0.2, 0.25) is 0 Å². The molecule has 0 saturated carbocycles. The number of hydrogen-bond donors (Lipinski definition) is 2. The Kier molecular flexibility index (Phi) is 6.14. The summed E-state index contributed by atoms with van der Waals surface area (Å²) in [6.45, 7) is 6.73. The van der Waals surface area contributed by atoms with Crippen LogP contribution in [0.15, 0.2) is 24.3 Å². The van der Waals surface area contributed by atoms with Crippen molar-refractivity contribution in [1.82, 2.24) is 5.32 Å². The maximum absolute atomic E-state index is 13.4. The fourth-order valence-electron chi connectivity index (χ4n) is 2.21. The van der Waals surface area contributed by atoms with E-state index in [9.17, 15) is 9.18 Å². The van der Waals surface area contributed by atoms with Crippen molar-refractivity contribution in [2.24, 2.45) is 11.1 Å². The van der Waals surface area contributed by atoms with Gasteiger partial charge in [-0.1, -0.05) is 39.0 Å². The molecule has 0 fully saturated rings. The van der Waals surface area contributed by atoms with Crippen molar-refractivity contribution in [3.63, 3.8) is 0 Å². The second kappa shape index (κ2) is 7.39. The molecule has 3 nitrogen and oxygen atoms in total. The summed E-state index contributed by atoms with van der Waals surface area (Å²) < 4.78 is 13.4. The Hall–Kier alpha value is -1.42. The molecular formula is C16H25FN2O. The van der Waals surface area contributed by atoms with Crippen LogP contribution in [0.1, 0.15) is 39.2 Å². The fraction of sp³-hybridized carbons (Fsp3) is 0.562. The van der Waals surface area contributed by atoms with E-state index >= 15 is 0 Å². The van der Waals surface area contributed by atoms with Gasteiger partial charge in [-0.15, -0.1) is 0 Å². The third-order valence-corrected chi connectivity index (χ3v) is 3.00. The van der Waals surface area contributed by atoms with Gasteiger partial charge in [0.1, 0.15) is 5.82 Å². The van der Waals surface area contributed by atoms with Gasteiger partial charge in [0.25, 0.3) is 0 Å². The molecule has 1 unspecified atom stereocenters. The Bertz CT molecular complexity index is 440. The van der Waals surface area contributed by atoms with Crippen LogP contribution in [0.5, 0.6) is 0 Å². The molecule has 20 heavy (non-hydrogen) atoms. The average Bonchev–Trinajstić information content (AvgIpc) is 2.28. The minimum absolute atomic E-state index is 0.0712. The van der Waals surface area contributed by atoms with Crippen LogP contribution < -0.4 is 11.1 Å². The first-order chi connectivity index (χ1) is 9.28. The van der Waals surface area contributed by atoms with Crippen molar-refractivity contribution in [2.75, 3.05) is 6.54 Å². The van der Waals surface area contributed by atoms with Crippen LogP contribution >= 0.6 is 0 Å². The van der Waals surface area contributed by atoms with E-state index in [4.69, 9.17) is 5.73 Å². The molecule has 1 aromatic carbocycles. The van der Waals surface area contributed by atoms with Crippen molar-refractivity contribution in [2.45, 2.75) is 46.1 Å². The van der Waals surface area contributed by atoms with Crippen LogP contribution in [-0.4, -0.2) is 18.5 Å². The highest BCUT2D eigenvalue weighted by Crippen LogP contribution is 2.20. The minimum atomic E-state index is -0.230. The molecule has 0 aliphatic carbocycles. The predicted octanol–water partition coefficient (Wildman–Crippen LogP) is 2.64. The van der Waals surface area contributed by atoms with Crippen molar-refractivity contribution >= 4 is 5.91 Å². The number of carbonyl (C=O) groups is 1. The lowest BCUT2D eigenvalue weighted by Gasteiger charge is -2.22. The van der Waals surface area contributed by atoms with Crippen LogP contribution in [0.4, 0.5) is 4.39 Å². The summed E-state index contributed by atoms with van der Waals surface area (Å²) in [6, 6.07) is 6.47. The van der Waals surface area contributed by atoms with Gasteiger partial charge in [-0.2, -0.15) is 0 Å². The standard InChI is InChI=1S/C16H25FN2O/c1-16(2,3)11-13(18)10-15(20)19-9-8-12-6-4-5-7-14(12)17/h4-7,13H,8-11,18H2,1-3H3,(H,19,20). The Morgan fingerprint density at radius 2 is 2.00 bits per heavy atom. The molecule has 1 rings (SSSR count). The van der Waals surface area contributed by atoms with Crippen molar-refractivity contribution in [1.29, 1.82) is 0 Å². The largest absolute Gasteiger partial charge is 0.356 e. The van der Waals surface area contributed by atoms with Gasteiger partial charge >= 0.3 is 0 Å². The summed E-state index contributed by atoms with van der Waals surface area (Å²) in [5.74, 6) is -0.302. The third kappa shape index (κ3) is 6.66. The first-order valence-corrected chi connectivity index (χ1v) is 7.03. The number of amides is 1. The monoisotopic (exact) mass is 280 g/mol. The van der Waals surface area contributed by atoms with Gasteiger partial charge in [0.15, 0.2) is 0 Å². The molecule has 1 aromatic rings. The van der Waals surface area contributed by atoms with Crippen molar-refractivity contribution in [3.05, 3.63) is 35.6 Å². The Labute approximate surface area is 120 Å². The molecule has 3 N–H and O–H groups in total. The van der Waals surface area contributed by atoms with Gasteiger partial charge in [-0.05, 0) is 29.9 Å². The second-order valence-electron chi connectivity index (χ2n) is 6.42. The van der Waals surface area contributed by atoms with E-state index in [1.54, 1.807) is 18.2 Å². The zero-order valence-corrected chi connectivity index (χ0v) is 12.6. The zero-order chi connectivity index (χ0) is 15.2. The average molecular weight is 280 g/mol. The lowest BCUT2D eigenvalue weighted by Crippen LogP contribution is -2.35.